The number of ether oxygens (including phenoxy) is 3. The van der Waals surface area contributed by atoms with E-state index in [2.05, 4.69) is 0 Å². The fourth-order valence-corrected chi connectivity index (χ4v) is 5.38. The van der Waals surface area contributed by atoms with Crippen molar-refractivity contribution >= 4 is 20.6 Å². The van der Waals surface area contributed by atoms with E-state index in [1.807, 2.05) is 30.3 Å². The molecule has 2 atom stereocenters. The summed E-state index contributed by atoms with van der Waals surface area (Å²) in [6.45, 7) is 0.686. The first-order valence-corrected chi connectivity index (χ1v) is 12.1. The van der Waals surface area contributed by atoms with Gasteiger partial charge in [0.15, 0.2) is 16.1 Å². The third kappa shape index (κ3) is 5.36. The van der Waals surface area contributed by atoms with Crippen molar-refractivity contribution in [3.05, 3.63) is 66.7 Å². The van der Waals surface area contributed by atoms with Gasteiger partial charge in [-0.25, -0.2) is 8.42 Å². The molecule has 1 aliphatic rings. The van der Waals surface area contributed by atoms with E-state index in [-0.39, 0.29) is 23.0 Å². The molecule has 4 rings (SSSR count). The van der Waals surface area contributed by atoms with Crippen molar-refractivity contribution in [2.24, 2.45) is 0 Å². The van der Waals surface area contributed by atoms with Crippen LogP contribution in [-0.2, 0) is 19.3 Å². The number of para-hydroxylation sites is 1. The van der Waals surface area contributed by atoms with Crippen LogP contribution in [0.1, 0.15) is 19.3 Å². The lowest BCUT2D eigenvalue weighted by Gasteiger charge is -2.28. The topological polar surface area (TPSA) is 82.1 Å². The Morgan fingerprint density at radius 3 is 2.52 bits per heavy atom. The zero-order chi connectivity index (χ0) is 21.7. The number of hydrogen-bond acceptors (Lipinski definition) is 6. The minimum Gasteiger partial charge on any atom is -0.507 e. The summed E-state index contributed by atoms with van der Waals surface area (Å²) in [7, 11) is -3.73. The predicted octanol–water partition coefficient (Wildman–Crippen LogP) is 4.31. The molecule has 0 radical (unpaired) electrons. The molecule has 6 nitrogen and oxygen atoms in total. The molecule has 2 unspecified atom stereocenters. The molecule has 7 heteroatoms. The molecule has 1 saturated heterocycles. The highest BCUT2D eigenvalue weighted by atomic mass is 32.2. The molecule has 31 heavy (non-hydrogen) atoms. The van der Waals surface area contributed by atoms with E-state index >= 15 is 0 Å². The summed E-state index contributed by atoms with van der Waals surface area (Å²) in [5.74, 6) is 0.438. The first-order chi connectivity index (χ1) is 15.0. The maximum absolute atomic E-state index is 13.4. The van der Waals surface area contributed by atoms with E-state index in [4.69, 9.17) is 14.2 Å². The molecule has 0 amide bonds. The van der Waals surface area contributed by atoms with E-state index < -0.39 is 22.2 Å². The number of hydrogen-bond donors (Lipinski definition) is 1. The number of rotatable bonds is 8. The second-order valence-corrected chi connectivity index (χ2v) is 9.59. The van der Waals surface area contributed by atoms with E-state index in [9.17, 15) is 13.5 Å². The maximum Gasteiger partial charge on any atom is 0.181 e. The van der Waals surface area contributed by atoms with Gasteiger partial charge in [0.05, 0.1) is 10.6 Å². The van der Waals surface area contributed by atoms with Gasteiger partial charge in [-0.1, -0.05) is 42.5 Å². The van der Waals surface area contributed by atoms with Gasteiger partial charge in [-0.3, -0.25) is 0 Å². The fourth-order valence-electron chi connectivity index (χ4n) is 3.74. The first kappa shape index (κ1) is 21.6. The Hall–Kier alpha value is -2.61. The van der Waals surface area contributed by atoms with Crippen LogP contribution < -0.4 is 4.74 Å². The zero-order valence-electron chi connectivity index (χ0n) is 17.1. The quantitative estimate of drug-likeness (QED) is 0.560. The molecule has 0 aromatic heterocycles. The van der Waals surface area contributed by atoms with Crippen molar-refractivity contribution in [2.45, 2.75) is 36.6 Å². The molecule has 1 aliphatic heterocycles. The summed E-state index contributed by atoms with van der Waals surface area (Å²) in [6, 6.07) is 19.0. The van der Waals surface area contributed by atoms with Crippen molar-refractivity contribution in [2.75, 3.05) is 19.0 Å². The van der Waals surface area contributed by atoms with Gasteiger partial charge in [0, 0.05) is 17.4 Å². The Morgan fingerprint density at radius 1 is 0.968 bits per heavy atom. The van der Waals surface area contributed by atoms with Crippen LogP contribution in [0.3, 0.4) is 0 Å². The fraction of sp³-hybridized carbons (Fsp3) is 0.333. The first-order valence-electron chi connectivity index (χ1n) is 10.4. The van der Waals surface area contributed by atoms with Gasteiger partial charge in [-0.05, 0) is 43.5 Å². The molecule has 3 aromatic rings. The van der Waals surface area contributed by atoms with Gasteiger partial charge in [-0.2, -0.15) is 0 Å². The summed E-state index contributed by atoms with van der Waals surface area (Å²) in [5.41, 5.74) is 0. The number of sulfone groups is 1. The summed E-state index contributed by atoms with van der Waals surface area (Å²) in [4.78, 5) is 0.166. The van der Waals surface area contributed by atoms with Crippen molar-refractivity contribution in [3.63, 3.8) is 0 Å². The van der Waals surface area contributed by atoms with E-state index in [0.717, 1.165) is 19.3 Å². The maximum atomic E-state index is 13.4. The molecule has 1 heterocycles. The Kier molecular flexibility index (Phi) is 6.75. The van der Waals surface area contributed by atoms with Gasteiger partial charge in [0.1, 0.15) is 24.2 Å². The molecule has 0 bridgehead atoms. The van der Waals surface area contributed by atoms with Crippen molar-refractivity contribution in [1.29, 1.82) is 0 Å². The lowest BCUT2D eigenvalue weighted by Crippen LogP contribution is -2.36. The molecule has 0 spiro atoms. The Labute approximate surface area is 182 Å². The average Bonchev–Trinajstić information content (AvgIpc) is 2.79. The average molecular weight is 443 g/mol. The normalized spacial score (nSPS) is 18.0. The summed E-state index contributed by atoms with van der Waals surface area (Å²) in [6.07, 6.45) is 1.53. The van der Waals surface area contributed by atoms with Gasteiger partial charge in [-0.15, -0.1) is 0 Å². The van der Waals surface area contributed by atoms with E-state index in [1.165, 1.54) is 0 Å². The molecule has 1 N–H and O–H groups in total. The lowest BCUT2D eigenvalue weighted by atomic mass is 10.1. The molecule has 1 fully saturated rings. The van der Waals surface area contributed by atoms with Crippen LogP contribution in [-0.4, -0.2) is 44.9 Å². The van der Waals surface area contributed by atoms with Crippen molar-refractivity contribution < 1.29 is 27.7 Å². The number of benzene rings is 3. The zero-order valence-corrected chi connectivity index (χ0v) is 18.0. The number of phenols is 1. The molecular formula is C24H26O6S. The highest BCUT2D eigenvalue weighted by Gasteiger charge is 2.28. The highest BCUT2D eigenvalue weighted by Crippen LogP contribution is 2.30. The van der Waals surface area contributed by atoms with E-state index in [0.29, 0.717) is 23.1 Å². The van der Waals surface area contributed by atoms with Crippen LogP contribution in [0.25, 0.3) is 10.8 Å². The van der Waals surface area contributed by atoms with Gasteiger partial charge < -0.3 is 19.3 Å². The van der Waals surface area contributed by atoms with Crippen LogP contribution >= 0.6 is 0 Å². The third-order valence-electron chi connectivity index (χ3n) is 5.26. The van der Waals surface area contributed by atoms with Crippen molar-refractivity contribution in [3.8, 4) is 11.5 Å². The van der Waals surface area contributed by atoms with E-state index in [1.54, 1.807) is 36.4 Å². The molecule has 0 saturated carbocycles. The Morgan fingerprint density at radius 2 is 1.74 bits per heavy atom. The lowest BCUT2D eigenvalue weighted by molar-refractivity contribution is -0.188. The van der Waals surface area contributed by atoms with Crippen LogP contribution in [0.15, 0.2) is 71.6 Å². The SMILES string of the molecule is O=S(=O)(CC(COc1ccccc1)OC1CCCCO1)c1cccc2c(O)cccc12. The minimum absolute atomic E-state index is 0.0466. The van der Waals surface area contributed by atoms with Crippen LogP contribution in [0.2, 0.25) is 0 Å². The number of phenolic OH excluding ortho intramolecular Hbond substituents is 1. The Balaban J connectivity index is 1.58. The van der Waals surface area contributed by atoms with Crippen molar-refractivity contribution in [1.82, 2.24) is 0 Å². The summed E-state index contributed by atoms with van der Waals surface area (Å²) in [5, 5.41) is 11.1. The monoisotopic (exact) mass is 442 g/mol. The second-order valence-electron chi connectivity index (χ2n) is 7.59. The van der Waals surface area contributed by atoms with Gasteiger partial charge >= 0.3 is 0 Å². The van der Waals surface area contributed by atoms with Crippen LogP contribution in [0.4, 0.5) is 0 Å². The highest BCUT2D eigenvalue weighted by molar-refractivity contribution is 7.91. The molecule has 3 aromatic carbocycles. The standard InChI is InChI=1S/C24H26O6S/c25-22-12-6-11-21-20(22)10-7-13-23(21)31(26,27)17-19(30-24-14-4-5-15-28-24)16-29-18-8-2-1-3-9-18/h1-3,6-13,19,24-25H,4-5,14-17H2. The molecule has 164 valence electrons. The van der Waals surface area contributed by atoms with Gasteiger partial charge in [0.2, 0.25) is 0 Å². The summed E-state index contributed by atoms with van der Waals surface area (Å²) >= 11 is 0. The smallest absolute Gasteiger partial charge is 0.181 e. The Bertz CT molecular complexity index is 1110. The number of fused-ring (bicyclic) bond motifs is 1. The predicted molar refractivity (Wildman–Crippen MR) is 118 cm³/mol. The molecular weight excluding hydrogens is 416 g/mol. The van der Waals surface area contributed by atoms with Crippen LogP contribution in [0, 0.1) is 0 Å². The third-order valence-corrected chi connectivity index (χ3v) is 7.10. The largest absolute Gasteiger partial charge is 0.507 e. The second kappa shape index (κ2) is 9.68. The van der Waals surface area contributed by atoms with Crippen LogP contribution in [0.5, 0.6) is 11.5 Å². The number of aromatic hydroxyl groups is 1. The van der Waals surface area contributed by atoms with Gasteiger partial charge in [0.25, 0.3) is 0 Å². The minimum atomic E-state index is -3.73. The summed E-state index contributed by atoms with van der Waals surface area (Å²) < 4.78 is 44.2. The molecule has 0 aliphatic carbocycles.